The molecule has 1 aromatic heterocycles. The lowest BCUT2D eigenvalue weighted by molar-refractivity contribution is 0.00578. The van der Waals surface area contributed by atoms with Crippen LogP contribution in [0.15, 0.2) is 12.4 Å². The summed E-state index contributed by atoms with van der Waals surface area (Å²) < 4.78 is 14.3. The molecule has 0 atom stereocenters. The summed E-state index contributed by atoms with van der Waals surface area (Å²) >= 11 is 0. The molecule has 0 bridgehead atoms. The second kappa shape index (κ2) is 4.88. The molecule has 0 spiro atoms. The van der Waals surface area contributed by atoms with Crippen molar-refractivity contribution in [2.24, 2.45) is 0 Å². The smallest absolute Gasteiger partial charge is 0.399 e. The van der Waals surface area contributed by atoms with Crippen LogP contribution < -0.4 is 5.46 Å². The SMILES string of the molecule is CC1(C)OB(c2cnn(C3CCCCC3)c2)OC1(C)C. The Kier molecular flexibility index (Phi) is 3.45. The van der Waals surface area contributed by atoms with E-state index in [9.17, 15) is 0 Å². The zero-order chi connectivity index (χ0) is 14.4. The van der Waals surface area contributed by atoms with Crippen molar-refractivity contribution in [3.8, 4) is 0 Å². The molecule has 0 N–H and O–H groups in total. The second-order valence-electron chi connectivity index (χ2n) is 7.13. The first kappa shape index (κ1) is 14.1. The quantitative estimate of drug-likeness (QED) is 0.779. The maximum atomic E-state index is 6.08. The van der Waals surface area contributed by atoms with Crippen LogP contribution in [0.5, 0.6) is 0 Å². The van der Waals surface area contributed by atoms with Crippen LogP contribution in [0.1, 0.15) is 65.8 Å². The Morgan fingerprint density at radius 3 is 2.30 bits per heavy atom. The summed E-state index contributed by atoms with van der Waals surface area (Å²) in [4.78, 5) is 0. The van der Waals surface area contributed by atoms with Crippen molar-refractivity contribution in [3.05, 3.63) is 12.4 Å². The van der Waals surface area contributed by atoms with Gasteiger partial charge in [-0.2, -0.15) is 5.10 Å². The summed E-state index contributed by atoms with van der Waals surface area (Å²) in [5.41, 5.74) is 0.462. The van der Waals surface area contributed by atoms with Crippen LogP contribution in [0.25, 0.3) is 0 Å². The van der Waals surface area contributed by atoms with Gasteiger partial charge in [0.15, 0.2) is 0 Å². The van der Waals surface area contributed by atoms with Gasteiger partial charge in [-0.25, -0.2) is 0 Å². The van der Waals surface area contributed by atoms with Gasteiger partial charge in [-0.05, 0) is 40.5 Å². The van der Waals surface area contributed by atoms with E-state index in [1.165, 1.54) is 32.1 Å². The Labute approximate surface area is 122 Å². The molecule has 0 amide bonds. The molecule has 0 unspecified atom stereocenters. The molecular weight excluding hydrogens is 251 g/mol. The Morgan fingerprint density at radius 2 is 1.70 bits per heavy atom. The van der Waals surface area contributed by atoms with Gasteiger partial charge >= 0.3 is 7.12 Å². The van der Waals surface area contributed by atoms with E-state index in [0.717, 1.165) is 5.46 Å². The monoisotopic (exact) mass is 276 g/mol. The first-order valence-corrected chi connectivity index (χ1v) is 7.79. The largest absolute Gasteiger partial charge is 0.498 e. The highest BCUT2D eigenvalue weighted by atomic mass is 16.7. The summed E-state index contributed by atoms with van der Waals surface area (Å²) in [7, 11) is -0.294. The van der Waals surface area contributed by atoms with Crippen molar-refractivity contribution in [2.45, 2.75) is 77.0 Å². The highest BCUT2D eigenvalue weighted by molar-refractivity contribution is 6.61. The minimum Gasteiger partial charge on any atom is -0.399 e. The van der Waals surface area contributed by atoms with Crippen LogP contribution in [-0.4, -0.2) is 28.1 Å². The van der Waals surface area contributed by atoms with Crippen LogP contribution in [0.4, 0.5) is 0 Å². The third-order valence-corrected chi connectivity index (χ3v) is 5.10. The molecule has 1 aliphatic carbocycles. The number of rotatable bonds is 2. The van der Waals surface area contributed by atoms with Gasteiger partial charge in [0.2, 0.25) is 0 Å². The van der Waals surface area contributed by atoms with Crippen molar-refractivity contribution in [1.82, 2.24) is 9.78 Å². The maximum Gasteiger partial charge on any atom is 0.498 e. The summed E-state index contributed by atoms with van der Waals surface area (Å²) in [5.74, 6) is 0. The molecule has 1 aliphatic heterocycles. The molecule has 1 saturated carbocycles. The molecule has 3 rings (SSSR count). The first-order valence-electron chi connectivity index (χ1n) is 7.79. The van der Waals surface area contributed by atoms with Crippen molar-refractivity contribution in [3.63, 3.8) is 0 Å². The van der Waals surface area contributed by atoms with Gasteiger partial charge in [-0.15, -0.1) is 0 Å². The fourth-order valence-electron chi connectivity index (χ4n) is 3.00. The standard InChI is InChI=1S/C15H25BN2O2/c1-14(2)15(3,4)20-16(19-14)12-10-17-18(11-12)13-8-6-5-7-9-13/h10-11,13H,5-9H2,1-4H3. The van der Waals surface area contributed by atoms with E-state index in [-0.39, 0.29) is 18.3 Å². The minimum absolute atomic E-state index is 0.287. The Bertz CT molecular complexity index is 462. The second-order valence-corrected chi connectivity index (χ2v) is 7.13. The zero-order valence-electron chi connectivity index (χ0n) is 13.1. The average molecular weight is 276 g/mol. The molecule has 4 nitrogen and oxygen atoms in total. The highest BCUT2D eigenvalue weighted by Crippen LogP contribution is 2.36. The molecule has 5 heteroatoms. The summed E-state index contributed by atoms with van der Waals surface area (Å²) in [6.45, 7) is 8.33. The van der Waals surface area contributed by atoms with Crippen LogP contribution in [-0.2, 0) is 9.31 Å². The van der Waals surface area contributed by atoms with Crippen LogP contribution in [0, 0.1) is 0 Å². The molecule has 20 heavy (non-hydrogen) atoms. The van der Waals surface area contributed by atoms with E-state index < -0.39 is 0 Å². The zero-order valence-corrected chi connectivity index (χ0v) is 13.1. The molecule has 0 radical (unpaired) electrons. The van der Waals surface area contributed by atoms with Crippen molar-refractivity contribution in [2.75, 3.05) is 0 Å². The van der Waals surface area contributed by atoms with Gasteiger partial charge in [-0.3, -0.25) is 4.68 Å². The lowest BCUT2D eigenvalue weighted by atomic mass is 9.82. The van der Waals surface area contributed by atoms with Gasteiger partial charge < -0.3 is 9.31 Å². The van der Waals surface area contributed by atoms with Gasteiger partial charge in [0.25, 0.3) is 0 Å². The maximum absolute atomic E-state index is 6.08. The van der Waals surface area contributed by atoms with E-state index in [0.29, 0.717) is 6.04 Å². The predicted octanol–water partition coefficient (Wildman–Crippen LogP) is 2.69. The minimum atomic E-state index is -0.294. The van der Waals surface area contributed by atoms with Gasteiger partial charge in [0, 0.05) is 17.9 Å². The third kappa shape index (κ3) is 2.42. The topological polar surface area (TPSA) is 36.3 Å². The van der Waals surface area contributed by atoms with Gasteiger partial charge in [0.1, 0.15) is 0 Å². The van der Waals surface area contributed by atoms with Crippen molar-refractivity contribution < 1.29 is 9.31 Å². The third-order valence-electron chi connectivity index (χ3n) is 5.10. The first-order chi connectivity index (χ1) is 9.39. The number of nitrogens with zero attached hydrogens (tertiary/aromatic N) is 2. The summed E-state index contributed by atoms with van der Waals surface area (Å²) in [6.07, 6.45) is 10.5. The van der Waals surface area contributed by atoms with Crippen LogP contribution >= 0.6 is 0 Å². The fourth-order valence-corrected chi connectivity index (χ4v) is 3.00. The number of hydrogen-bond acceptors (Lipinski definition) is 3. The van der Waals surface area contributed by atoms with E-state index in [1.54, 1.807) is 0 Å². The van der Waals surface area contributed by atoms with Crippen LogP contribution in [0.2, 0.25) is 0 Å². The van der Waals surface area contributed by atoms with E-state index >= 15 is 0 Å². The van der Waals surface area contributed by atoms with Crippen molar-refractivity contribution in [1.29, 1.82) is 0 Å². The Balaban J connectivity index is 1.74. The molecule has 2 aliphatic rings. The molecule has 110 valence electrons. The van der Waals surface area contributed by atoms with Gasteiger partial charge in [0.05, 0.1) is 17.2 Å². The molecule has 2 fully saturated rings. The van der Waals surface area contributed by atoms with Crippen LogP contribution in [0.3, 0.4) is 0 Å². The Hall–Kier alpha value is -0.805. The number of aromatic nitrogens is 2. The fraction of sp³-hybridized carbons (Fsp3) is 0.800. The predicted molar refractivity (Wildman–Crippen MR) is 80.1 cm³/mol. The molecule has 1 aromatic rings. The average Bonchev–Trinajstić information content (AvgIpc) is 2.94. The highest BCUT2D eigenvalue weighted by Gasteiger charge is 2.52. The Morgan fingerprint density at radius 1 is 1.10 bits per heavy atom. The van der Waals surface area contributed by atoms with E-state index in [2.05, 4.69) is 43.7 Å². The van der Waals surface area contributed by atoms with Gasteiger partial charge in [-0.1, -0.05) is 19.3 Å². The van der Waals surface area contributed by atoms with E-state index in [1.807, 2.05) is 6.20 Å². The molecule has 0 aromatic carbocycles. The lowest BCUT2D eigenvalue weighted by Crippen LogP contribution is -2.41. The normalized spacial score (nSPS) is 26.1. The summed E-state index contributed by atoms with van der Waals surface area (Å²) in [6, 6.07) is 0.555. The molecule has 2 heterocycles. The van der Waals surface area contributed by atoms with Crippen molar-refractivity contribution >= 4 is 12.6 Å². The molecular formula is C15H25BN2O2. The summed E-state index contributed by atoms with van der Waals surface area (Å²) in [5, 5.41) is 4.54. The molecule has 1 saturated heterocycles. The lowest BCUT2D eigenvalue weighted by Gasteiger charge is -2.32. The number of hydrogen-bond donors (Lipinski definition) is 0. The van der Waals surface area contributed by atoms with E-state index in [4.69, 9.17) is 9.31 Å².